The van der Waals surface area contributed by atoms with E-state index in [1.807, 2.05) is 6.92 Å². The third-order valence-electron chi connectivity index (χ3n) is 2.50. The summed E-state index contributed by atoms with van der Waals surface area (Å²) in [5, 5.41) is 21.6. The molecule has 0 heterocycles. The van der Waals surface area contributed by atoms with E-state index in [2.05, 4.69) is 0 Å². The fourth-order valence-corrected chi connectivity index (χ4v) is 1.98. The Kier molecular flexibility index (Phi) is 11.3. The van der Waals surface area contributed by atoms with Crippen LogP contribution in [0.2, 0.25) is 0 Å². The first-order valence-electron chi connectivity index (χ1n) is 4.84. The summed E-state index contributed by atoms with van der Waals surface area (Å²) in [6.45, 7) is 5.21. The molecular formula is C12H12K2O4. The first-order chi connectivity index (χ1) is 7.34. The molecule has 0 amide bonds. The molecule has 0 aliphatic heterocycles. The molecule has 0 atom stereocenters. The van der Waals surface area contributed by atoms with E-state index >= 15 is 0 Å². The van der Waals surface area contributed by atoms with Crippen molar-refractivity contribution in [2.75, 3.05) is 0 Å². The number of hydrogen-bond donors (Lipinski definition) is 0. The SMILES string of the molecule is Cc1cc(C)c(C(C(=O)[O-])C(=O)[O-])c(C)c1.[K+].[K+]. The Hall–Kier alpha value is 1.43. The van der Waals surface area contributed by atoms with Crippen LogP contribution in [0.5, 0.6) is 0 Å². The summed E-state index contributed by atoms with van der Waals surface area (Å²) < 4.78 is 0. The van der Waals surface area contributed by atoms with Crippen molar-refractivity contribution in [3.63, 3.8) is 0 Å². The molecule has 0 spiro atoms. The van der Waals surface area contributed by atoms with E-state index in [4.69, 9.17) is 0 Å². The van der Waals surface area contributed by atoms with Gasteiger partial charge in [-0.15, -0.1) is 0 Å². The molecule has 0 radical (unpaired) electrons. The van der Waals surface area contributed by atoms with Gasteiger partial charge in [-0.3, -0.25) is 0 Å². The fourth-order valence-electron chi connectivity index (χ4n) is 1.98. The van der Waals surface area contributed by atoms with Crippen LogP contribution in [0.1, 0.15) is 28.2 Å². The Morgan fingerprint density at radius 1 is 0.944 bits per heavy atom. The zero-order valence-corrected chi connectivity index (χ0v) is 17.6. The number of carboxylic acid groups (broad SMARTS) is 2. The maximum absolute atomic E-state index is 10.8. The molecule has 0 aliphatic rings. The Labute approximate surface area is 191 Å². The molecule has 86 valence electrons. The standard InChI is InChI=1S/C12H14O4.2K/c1-6-4-7(2)9(8(3)5-6)10(11(13)14)12(15)16;;/h4-5,10H,1-3H3,(H,13,14)(H,15,16);;/q;2*+1/p-2. The van der Waals surface area contributed by atoms with Crippen LogP contribution in [-0.2, 0) is 9.59 Å². The minimum absolute atomic E-state index is 0. The number of aryl methyl sites for hydroxylation is 3. The Morgan fingerprint density at radius 3 is 1.56 bits per heavy atom. The molecule has 1 aromatic rings. The largest absolute Gasteiger partial charge is 1.00 e. The Morgan fingerprint density at radius 2 is 1.28 bits per heavy atom. The van der Waals surface area contributed by atoms with E-state index in [0.29, 0.717) is 11.1 Å². The van der Waals surface area contributed by atoms with Gasteiger partial charge in [0.25, 0.3) is 0 Å². The maximum Gasteiger partial charge on any atom is 1.00 e. The van der Waals surface area contributed by atoms with E-state index in [0.717, 1.165) is 5.56 Å². The predicted molar refractivity (Wildman–Crippen MR) is 53.4 cm³/mol. The molecule has 0 bridgehead atoms. The van der Waals surface area contributed by atoms with Gasteiger partial charge in [-0.1, -0.05) is 17.7 Å². The molecule has 0 fully saturated rings. The van der Waals surface area contributed by atoms with E-state index in [-0.39, 0.29) is 108 Å². The second-order valence-electron chi connectivity index (χ2n) is 3.88. The van der Waals surface area contributed by atoms with Crippen molar-refractivity contribution in [1.82, 2.24) is 0 Å². The van der Waals surface area contributed by atoms with Crippen molar-refractivity contribution in [1.29, 1.82) is 0 Å². The van der Waals surface area contributed by atoms with Gasteiger partial charge in [0, 0.05) is 0 Å². The van der Waals surface area contributed by atoms with Crippen LogP contribution < -0.4 is 113 Å². The number of hydrogen-bond acceptors (Lipinski definition) is 4. The van der Waals surface area contributed by atoms with Gasteiger partial charge in [0.1, 0.15) is 0 Å². The maximum atomic E-state index is 10.8. The third kappa shape index (κ3) is 5.43. The smallest absolute Gasteiger partial charge is 0.549 e. The molecular weight excluding hydrogens is 286 g/mol. The summed E-state index contributed by atoms with van der Waals surface area (Å²) in [6.07, 6.45) is 0. The van der Waals surface area contributed by atoms with Crippen LogP contribution in [0, 0.1) is 20.8 Å². The number of aliphatic carboxylic acids is 2. The first-order valence-corrected chi connectivity index (χ1v) is 4.84. The summed E-state index contributed by atoms with van der Waals surface area (Å²) in [7, 11) is 0. The zero-order valence-electron chi connectivity index (χ0n) is 11.4. The zero-order chi connectivity index (χ0) is 12.5. The van der Waals surface area contributed by atoms with E-state index in [1.54, 1.807) is 26.0 Å². The molecule has 0 aliphatic carbocycles. The summed E-state index contributed by atoms with van der Waals surface area (Å²) in [5.41, 5.74) is 2.45. The number of carboxylic acids is 2. The first kappa shape index (κ1) is 21.7. The van der Waals surface area contributed by atoms with Gasteiger partial charge in [-0.25, -0.2) is 0 Å². The number of benzene rings is 1. The minimum Gasteiger partial charge on any atom is -0.549 e. The molecule has 4 nitrogen and oxygen atoms in total. The molecule has 0 unspecified atom stereocenters. The average Bonchev–Trinajstić information content (AvgIpc) is 2.09. The van der Waals surface area contributed by atoms with Crippen LogP contribution in [0.3, 0.4) is 0 Å². The molecule has 18 heavy (non-hydrogen) atoms. The summed E-state index contributed by atoms with van der Waals surface area (Å²) in [5.74, 6) is -4.99. The average molecular weight is 298 g/mol. The van der Waals surface area contributed by atoms with Gasteiger partial charge in [0.2, 0.25) is 0 Å². The van der Waals surface area contributed by atoms with Gasteiger partial charge in [-0.2, -0.15) is 0 Å². The van der Waals surface area contributed by atoms with Crippen LogP contribution in [0.15, 0.2) is 12.1 Å². The van der Waals surface area contributed by atoms with E-state index in [1.165, 1.54) is 0 Å². The second-order valence-corrected chi connectivity index (χ2v) is 3.88. The van der Waals surface area contributed by atoms with Crippen molar-refractivity contribution in [2.45, 2.75) is 26.7 Å². The fraction of sp³-hybridized carbons (Fsp3) is 0.333. The van der Waals surface area contributed by atoms with Gasteiger partial charge >= 0.3 is 103 Å². The summed E-state index contributed by atoms with van der Waals surface area (Å²) >= 11 is 0. The monoisotopic (exact) mass is 298 g/mol. The predicted octanol–water partition coefficient (Wildman–Crippen LogP) is -6.80. The van der Waals surface area contributed by atoms with Crippen LogP contribution in [0.25, 0.3) is 0 Å². The molecule has 0 saturated heterocycles. The third-order valence-corrected chi connectivity index (χ3v) is 2.50. The number of carbonyl (C=O) groups excluding carboxylic acids is 2. The van der Waals surface area contributed by atoms with Gasteiger partial charge in [0.15, 0.2) is 0 Å². The van der Waals surface area contributed by atoms with Crippen molar-refractivity contribution in [3.8, 4) is 0 Å². The molecule has 6 heteroatoms. The van der Waals surface area contributed by atoms with Crippen molar-refractivity contribution < 1.29 is 123 Å². The normalized spacial score (nSPS) is 9.33. The Bertz CT molecular complexity index is 420. The van der Waals surface area contributed by atoms with Crippen LogP contribution in [0.4, 0.5) is 0 Å². The quantitative estimate of drug-likeness (QED) is 0.410. The van der Waals surface area contributed by atoms with E-state index < -0.39 is 17.9 Å². The van der Waals surface area contributed by atoms with Gasteiger partial charge in [0.05, 0.1) is 17.9 Å². The molecule has 0 N–H and O–H groups in total. The molecule has 1 aromatic carbocycles. The van der Waals surface area contributed by atoms with Gasteiger partial charge < -0.3 is 19.8 Å². The minimum atomic E-state index is -1.71. The van der Waals surface area contributed by atoms with E-state index in [9.17, 15) is 19.8 Å². The topological polar surface area (TPSA) is 80.3 Å². The summed E-state index contributed by atoms with van der Waals surface area (Å²) in [4.78, 5) is 21.6. The number of carbonyl (C=O) groups is 2. The van der Waals surface area contributed by atoms with Crippen LogP contribution in [-0.4, -0.2) is 11.9 Å². The van der Waals surface area contributed by atoms with Crippen molar-refractivity contribution in [3.05, 3.63) is 34.4 Å². The second kappa shape index (κ2) is 9.38. The molecule has 0 saturated carbocycles. The van der Waals surface area contributed by atoms with Gasteiger partial charge in [-0.05, 0) is 37.5 Å². The summed E-state index contributed by atoms with van der Waals surface area (Å²) in [6, 6.07) is 3.47. The van der Waals surface area contributed by atoms with Crippen molar-refractivity contribution >= 4 is 11.9 Å². The molecule has 1 rings (SSSR count). The van der Waals surface area contributed by atoms with Crippen LogP contribution >= 0.6 is 0 Å². The molecule has 0 aromatic heterocycles. The Balaban J connectivity index is 0. The van der Waals surface area contributed by atoms with Crippen molar-refractivity contribution in [2.24, 2.45) is 0 Å². The number of rotatable bonds is 3.